The molecule has 2 aromatic carbocycles. The van der Waals surface area contributed by atoms with Gasteiger partial charge in [0.05, 0.1) is 18.7 Å². The molecule has 1 fully saturated rings. The summed E-state index contributed by atoms with van der Waals surface area (Å²) in [6.07, 6.45) is 1.27. The molecule has 0 bridgehead atoms. The predicted octanol–water partition coefficient (Wildman–Crippen LogP) is 4.12. The molecule has 0 radical (unpaired) electrons. The number of hydrogen-bond acceptors (Lipinski definition) is 8. The number of hydrogen-bond donors (Lipinski definition) is 2. The molecule has 3 N–H and O–H groups in total. The van der Waals surface area contributed by atoms with Crippen LogP contribution in [-0.2, 0) is 11.2 Å². The first-order valence-electron chi connectivity index (χ1n) is 13.5. The first kappa shape index (κ1) is 29.8. The van der Waals surface area contributed by atoms with Crippen molar-refractivity contribution in [3.8, 4) is 6.07 Å². The summed E-state index contributed by atoms with van der Waals surface area (Å²) in [6.45, 7) is 13.3. The number of nitrogens with zero attached hydrogens (tertiary/aromatic N) is 5. The fourth-order valence-corrected chi connectivity index (χ4v) is 6.07. The molecule has 0 spiro atoms. The maximum absolute atomic E-state index is 13.1. The molecule has 1 amide bonds. The van der Waals surface area contributed by atoms with Gasteiger partial charge in [0, 0.05) is 37.3 Å². The highest BCUT2D eigenvalue weighted by molar-refractivity contribution is 8.00. The van der Waals surface area contributed by atoms with Gasteiger partial charge in [0.15, 0.2) is 5.78 Å². The van der Waals surface area contributed by atoms with Crippen LogP contribution in [0.4, 0.5) is 11.5 Å². The van der Waals surface area contributed by atoms with Crippen LogP contribution in [0.3, 0.4) is 0 Å². The predicted molar refractivity (Wildman–Crippen MR) is 159 cm³/mol. The van der Waals surface area contributed by atoms with E-state index in [0.29, 0.717) is 71.4 Å². The number of rotatable bonds is 10. The Bertz CT molecular complexity index is 1500. The summed E-state index contributed by atoms with van der Waals surface area (Å²) in [4.78, 5) is 38.7. The molecule has 0 saturated carbocycles. The summed E-state index contributed by atoms with van der Waals surface area (Å²) in [5.74, 6) is -0.321. The van der Waals surface area contributed by atoms with Gasteiger partial charge in [-0.1, -0.05) is 67.2 Å². The number of β-amino-alcohol motifs (C(OH)–C–C–N with tert-alkyl or cyclic N) is 1. The van der Waals surface area contributed by atoms with Gasteiger partial charge in [0.25, 0.3) is 0 Å². The smallest absolute Gasteiger partial charge is 0.235 e. The van der Waals surface area contributed by atoms with Crippen molar-refractivity contribution < 1.29 is 14.7 Å². The quantitative estimate of drug-likeness (QED) is 0.212. The summed E-state index contributed by atoms with van der Waals surface area (Å²) < 4.78 is 0. The number of primary amides is 1. The number of anilines is 1. The summed E-state index contributed by atoms with van der Waals surface area (Å²) in [5.41, 5.74) is 8.54. The number of nitrogens with two attached hydrogens (primary N) is 1. The number of aromatic nitrogens is 1. The summed E-state index contributed by atoms with van der Waals surface area (Å²) in [7, 11) is 0. The van der Waals surface area contributed by atoms with Crippen LogP contribution in [0.15, 0.2) is 59.6 Å². The lowest BCUT2D eigenvalue weighted by atomic mass is 10.00. The van der Waals surface area contributed by atoms with E-state index in [1.54, 1.807) is 48.5 Å². The number of carbonyl (C=O) groups is 2. The number of aliphatic hydroxyl groups excluding tert-OH is 1. The van der Waals surface area contributed by atoms with Crippen molar-refractivity contribution in [1.82, 2.24) is 9.88 Å². The van der Waals surface area contributed by atoms with Gasteiger partial charge < -0.3 is 15.7 Å². The van der Waals surface area contributed by atoms with E-state index in [1.165, 1.54) is 0 Å². The number of amides is 1. The number of aliphatic hydroxyl groups is 1. The van der Waals surface area contributed by atoms with Gasteiger partial charge in [-0.05, 0) is 36.6 Å². The van der Waals surface area contributed by atoms with Crippen LogP contribution < -0.4 is 10.6 Å². The Labute approximate surface area is 244 Å². The van der Waals surface area contributed by atoms with Gasteiger partial charge in [-0.25, -0.2) is 9.83 Å². The van der Waals surface area contributed by atoms with Crippen molar-refractivity contribution in [1.29, 1.82) is 5.26 Å². The van der Waals surface area contributed by atoms with Crippen molar-refractivity contribution in [2.24, 2.45) is 5.73 Å². The van der Waals surface area contributed by atoms with Crippen LogP contribution in [0.25, 0.3) is 4.85 Å². The zero-order chi connectivity index (χ0) is 29.4. The van der Waals surface area contributed by atoms with Gasteiger partial charge in [-0.15, -0.1) is 0 Å². The minimum atomic E-state index is -0.918. The molecular weight excluding hydrogens is 536 g/mol. The van der Waals surface area contributed by atoms with E-state index in [9.17, 15) is 20.0 Å². The van der Waals surface area contributed by atoms with Crippen molar-refractivity contribution >= 4 is 35.0 Å². The number of thioether (sulfide) groups is 1. The Morgan fingerprint density at radius 2 is 1.90 bits per heavy atom. The zero-order valence-corrected chi connectivity index (χ0v) is 23.7. The van der Waals surface area contributed by atoms with Gasteiger partial charge >= 0.3 is 0 Å². The van der Waals surface area contributed by atoms with Gasteiger partial charge in [0.1, 0.15) is 22.2 Å². The molecule has 1 saturated heterocycles. The third kappa shape index (κ3) is 6.75. The van der Waals surface area contributed by atoms with Crippen LogP contribution in [0.1, 0.15) is 51.2 Å². The Hall–Kier alpha value is -4.22. The highest BCUT2D eigenvalue weighted by atomic mass is 32.2. The van der Waals surface area contributed by atoms with Gasteiger partial charge in [0.2, 0.25) is 11.6 Å². The highest BCUT2D eigenvalue weighted by Gasteiger charge is 2.28. The summed E-state index contributed by atoms with van der Waals surface area (Å²) >= 11 is 1.07. The van der Waals surface area contributed by atoms with E-state index < -0.39 is 11.2 Å². The molecule has 2 heterocycles. The lowest BCUT2D eigenvalue weighted by molar-refractivity contribution is -0.117. The minimum absolute atomic E-state index is 0.0792. The van der Waals surface area contributed by atoms with Crippen LogP contribution in [-0.4, -0.2) is 66.0 Å². The monoisotopic (exact) mass is 568 g/mol. The van der Waals surface area contributed by atoms with Crippen molar-refractivity contribution in [2.75, 3.05) is 44.2 Å². The van der Waals surface area contributed by atoms with E-state index in [2.05, 4.69) is 15.8 Å². The Balaban J connectivity index is 1.74. The van der Waals surface area contributed by atoms with Crippen LogP contribution in [0.2, 0.25) is 0 Å². The van der Waals surface area contributed by atoms with Crippen LogP contribution >= 0.6 is 11.8 Å². The Morgan fingerprint density at radius 1 is 1.15 bits per heavy atom. The Kier molecular flexibility index (Phi) is 10.1. The van der Waals surface area contributed by atoms with E-state index in [-0.39, 0.29) is 18.0 Å². The van der Waals surface area contributed by atoms with Crippen molar-refractivity contribution in [2.45, 2.75) is 30.0 Å². The maximum Gasteiger partial charge on any atom is 0.235 e. The molecule has 0 aliphatic carbocycles. The molecule has 10 heteroatoms. The number of ketones is 1. The SMILES string of the molecule is [C-]#[N+]c1c(N2CCCN(CCO)CC2)nc(SC(C(N)=O)c2cccc(C(=O)c3ccccc3)c2)c(C#N)c1CC. The average Bonchev–Trinajstić information content (AvgIpc) is 3.24. The molecule has 41 heavy (non-hydrogen) atoms. The molecule has 1 aliphatic heterocycles. The zero-order valence-electron chi connectivity index (χ0n) is 22.9. The molecule has 1 unspecified atom stereocenters. The largest absolute Gasteiger partial charge is 0.395 e. The van der Waals surface area contributed by atoms with Crippen molar-refractivity contribution in [3.63, 3.8) is 0 Å². The average molecular weight is 569 g/mol. The Morgan fingerprint density at radius 3 is 2.56 bits per heavy atom. The number of pyridine rings is 1. The second kappa shape index (κ2) is 13.9. The number of carbonyl (C=O) groups excluding carboxylic acids is 2. The van der Waals surface area contributed by atoms with Crippen molar-refractivity contribution in [3.05, 3.63) is 93.8 Å². The second-order valence-electron chi connectivity index (χ2n) is 9.65. The first-order valence-corrected chi connectivity index (χ1v) is 14.4. The summed E-state index contributed by atoms with van der Waals surface area (Å²) in [5, 5.41) is 18.9. The molecule has 1 aromatic heterocycles. The molecule has 210 valence electrons. The maximum atomic E-state index is 13.1. The lowest BCUT2D eigenvalue weighted by Gasteiger charge is -2.26. The topological polar surface area (TPSA) is 128 Å². The number of nitriles is 1. The third-order valence-corrected chi connectivity index (χ3v) is 8.34. The third-order valence-electron chi connectivity index (χ3n) is 7.08. The van der Waals surface area contributed by atoms with Crippen LogP contribution in [0, 0.1) is 17.9 Å². The molecular formula is C31H32N6O3S. The fourth-order valence-electron chi connectivity index (χ4n) is 5.02. The van der Waals surface area contributed by atoms with Crippen LogP contribution in [0.5, 0.6) is 0 Å². The van der Waals surface area contributed by atoms with E-state index >= 15 is 0 Å². The van der Waals surface area contributed by atoms with Gasteiger partial charge in [-0.3, -0.25) is 14.5 Å². The first-order chi connectivity index (χ1) is 19.9. The van der Waals surface area contributed by atoms with E-state index in [4.69, 9.17) is 17.3 Å². The fraction of sp³-hybridized carbons (Fsp3) is 0.323. The van der Waals surface area contributed by atoms with E-state index in [1.807, 2.05) is 17.9 Å². The molecule has 1 aliphatic rings. The standard InChI is InChI=1S/C31H32N6O3S/c1-3-24-25(20-32)31(35-30(26(24)34-2)37-14-8-13-36(15-16-37)17-18-38)41-28(29(33)40)23-12-7-11-22(19-23)27(39)21-9-5-4-6-10-21/h4-7,9-12,19,28,38H,3,8,13-18H2,1H3,(H2,33,40). The number of benzene rings is 2. The normalized spacial score (nSPS) is 14.5. The molecule has 3 aromatic rings. The second-order valence-corrected chi connectivity index (χ2v) is 10.7. The minimum Gasteiger partial charge on any atom is -0.395 e. The van der Waals surface area contributed by atoms with E-state index in [0.717, 1.165) is 24.7 Å². The highest BCUT2D eigenvalue weighted by Crippen LogP contribution is 2.43. The lowest BCUT2D eigenvalue weighted by Crippen LogP contribution is -2.33. The molecule has 4 rings (SSSR count). The summed E-state index contributed by atoms with van der Waals surface area (Å²) in [6, 6.07) is 17.9. The molecule has 9 nitrogen and oxygen atoms in total. The van der Waals surface area contributed by atoms with Gasteiger partial charge in [-0.2, -0.15) is 5.26 Å². The molecule has 1 atom stereocenters.